The van der Waals surface area contributed by atoms with Crippen LogP contribution in [0.1, 0.15) is 45.1 Å². The summed E-state index contributed by atoms with van der Waals surface area (Å²) in [5, 5.41) is 6.76. The van der Waals surface area contributed by atoms with E-state index in [-0.39, 0.29) is 23.4 Å². The highest BCUT2D eigenvalue weighted by Gasteiger charge is 2.67. The maximum atomic E-state index is 13.1. The fraction of sp³-hybridized carbons (Fsp3) is 0.296. The Bertz CT molecular complexity index is 1340. The number of benzene rings is 2. The quantitative estimate of drug-likeness (QED) is 0.348. The minimum Gasteiger partial charge on any atom is -0.349 e. The molecule has 0 aliphatic heterocycles. The molecule has 0 saturated heterocycles. The molecule has 186 valence electrons. The van der Waals surface area contributed by atoms with Gasteiger partial charge in [0.2, 0.25) is 5.91 Å². The number of aryl methyl sites for hydroxylation is 2. The van der Waals surface area contributed by atoms with Crippen LogP contribution in [0.15, 0.2) is 54.7 Å². The van der Waals surface area contributed by atoms with E-state index in [0.29, 0.717) is 22.2 Å². The lowest BCUT2D eigenvalue weighted by Gasteiger charge is -2.25. The Morgan fingerprint density at radius 2 is 1.89 bits per heavy atom. The second-order valence-corrected chi connectivity index (χ2v) is 11.7. The summed E-state index contributed by atoms with van der Waals surface area (Å²) in [4.78, 5) is 30.6. The van der Waals surface area contributed by atoms with Crippen molar-refractivity contribution in [1.29, 1.82) is 0 Å². The van der Waals surface area contributed by atoms with Gasteiger partial charge in [0.15, 0.2) is 0 Å². The Morgan fingerprint density at radius 1 is 1.08 bits per heavy atom. The number of pyridine rings is 1. The number of halogens is 4. The molecule has 0 bridgehead atoms. The minimum absolute atomic E-state index is 0.0231. The molecule has 1 fully saturated rings. The standard InChI is InChI=1S/C27H23Cl4N3O2/c1-14-9-16(11-17(28)10-14)23-24(27(23,30)31)26(36)34-19-4-6-21(29)20(13-19)25(35)33-18-5-7-22-15(12-18)3-2-8-32-22/h2-4,6,8-11,13,18,23-24H,5,7,12H2,1H3,(H,33,35)(H,34,36). The Morgan fingerprint density at radius 3 is 2.67 bits per heavy atom. The predicted octanol–water partition coefficient (Wildman–Crippen LogP) is 6.51. The van der Waals surface area contributed by atoms with Crippen molar-refractivity contribution in [1.82, 2.24) is 10.3 Å². The first-order valence-corrected chi connectivity index (χ1v) is 13.1. The van der Waals surface area contributed by atoms with E-state index in [9.17, 15) is 9.59 Å². The normalized spacial score (nSPS) is 21.9. The smallest absolute Gasteiger partial charge is 0.253 e. The number of nitrogens with zero attached hydrogens (tertiary/aromatic N) is 1. The van der Waals surface area contributed by atoms with Crippen LogP contribution in [0, 0.1) is 12.8 Å². The summed E-state index contributed by atoms with van der Waals surface area (Å²) >= 11 is 25.5. The van der Waals surface area contributed by atoms with Crippen LogP contribution in [0.2, 0.25) is 10.0 Å². The monoisotopic (exact) mass is 561 g/mol. The highest BCUT2D eigenvalue weighted by Crippen LogP contribution is 2.65. The van der Waals surface area contributed by atoms with Crippen molar-refractivity contribution in [2.45, 2.75) is 42.5 Å². The molecule has 3 unspecified atom stereocenters. The van der Waals surface area contributed by atoms with Crippen LogP contribution in [0.3, 0.4) is 0 Å². The number of alkyl halides is 2. The number of carbonyl (C=O) groups is 2. The first-order valence-electron chi connectivity index (χ1n) is 11.6. The van der Waals surface area contributed by atoms with Gasteiger partial charge in [0.25, 0.3) is 5.91 Å². The van der Waals surface area contributed by atoms with E-state index >= 15 is 0 Å². The van der Waals surface area contributed by atoms with E-state index in [1.54, 1.807) is 30.5 Å². The van der Waals surface area contributed by atoms with Gasteiger partial charge >= 0.3 is 0 Å². The number of hydrogen-bond donors (Lipinski definition) is 2. The van der Waals surface area contributed by atoms with Gasteiger partial charge < -0.3 is 10.6 Å². The zero-order valence-corrected chi connectivity index (χ0v) is 22.3. The molecule has 5 rings (SSSR count). The van der Waals surface area contributed by atoms with E-state index in [0.717, 1.165) is 35.2 Å². The summed E-state index contributed by atoms with van der Waals surface area (Å²) in [6, 6.07) is 14.2. The number of anilines is 1. The third kappa shape index (κ3) is 5.08. The first kappa shape index (κ1) is 25.3. The van der Waals surface area contributed by atoms with Crippen LogP contribution in [-0.4, -0.2) is 27.2 Å². The molecule has 2 aromatic carbocycles. The van der Waals surface area contributed by atoms with Gasteiger partial charge in [0.1, 0.15) is 4.33 Å². The molecule has 1 heterocycles. The van der Waals surface area contributed by atoms with Crippen molar-refractivity contribution in [2.75, 3.05) is 5.32 Å². The van der Waals surface area contributed by atoms with Crippen molar-refractivity contribution < 1.29 is 9.59 Å². The average molecular weight is 563 g/mol. The Labute approximate surface area is 229 Å². The Kier molecular flexibility index (Phi) is 6.94. The molecule has 0 spiro atoms. The van der Waals surface area contributed by atoms with Gasteiger partial charge in [-0.2, -0.15) is 0 Å². The number of fused-ring (bicyclic) bond motifs is 1. The van der Waals surface area contributed by atoms with Gasteiger partial charge in [-0.25, -0.2) is 0 Å². The second kappa shape index (κ2) is 9.86. The fourth-order valence-electron chi connectivity index (χ4n) is 4.96. The number of amides is 2. The Hall–Kier alpha value is -2.31. The molecule has 3 atom stereocenters. The molecule has 2 amide bonds. The predicted molar refractivity (Wildman–Crippen MR) is 144 cm³/mol. The average Bonchev–Trinajstić information content (AvgIpc) is 3.41. The number of hydrogen-bond acceptors (Lipinski definition) is 3. The lowest BCUT2D eigenvalue weighted by atomic mass is 9.91. The van der Waals surface area contributed by atoms with Gasteiger partial charge in [-0.3, -0.25) is 14.6 Å². The molecule has 9 heteroatoms. The van der Waals surface area contributed by atoms with Crippen LogP contribution in [-0.2, 0) is 17.6 Å². The number of rotatable bonds is 5. The Balaban J connectivity index is 1.28. The van der Waals surface area contributed by atoms with Gasteiger partial charge in [-0.15, -0.1) is 23.2 Å². The first-order chi connectivity index (χ1) is 17.1. The maximum Gasteiger partial charge on any atom is 0.253 e. The molecule has 2 N–H and O–H groups in total. The van der Waals surface area contributed by atoms with Crippen LogP contribution in [0.4, 0.5) is 5.69 Å². The van der Waals surface area contributed by atoms with Gasteiger partial charge in [0.05, 0.1) is 16.5 Å². The topological polar surface area (TPSA) is 71.1 Å². The minimum atomic E-state index is -1.25. The molecule has 36 heavy (non-hydrogen) atoms. The SMILES string of the molecule is Cc1cc(Cl)cc(C2C(C(=O)Nc3ccc(Cl)c(C(=O)NC4CCc5ncccc5C4)c3)C2(Cl)Cl)c1. The lowest BCUT2D eigenvalue weighted by molar-refractivity contribution is -0.117. The summed E-state index contributed by atoms with van der Waals surface area (Å²) in [6.45, 7) is 1.92. The van der Waals surface area contributed by atoms with Crippen molar-refractivity contribution in [2.24, 2.45) is 5.92 Å². The summed E-state index contributed by atoms with van der Waals surface area (Å²) < 4.78 is -1.25. The van der Waals surface area contributed by atoms with Crippen molar-refractivity contribution in [3.05, 3.63) is 92.7 Å². The molecule has 2 aliphatic carbocycles. The molecule has 1 aromatic heterocycles. The maximum absolute atomic E-state index is 13.1. The van der Waals surface area contributed by atoms with Crippen LogP contribution in [0.5, 0.6) is 0 Å². The number of aromatic nitrogens is 1. The van der Waals surface area contributed by atoms with Crippen LogP contribution >= 0.6 is 46.4 Å². The highest BCUT2D eigenvalue weighted by atomic mass is 35.5. The molecule has 1 saturated carbocycles. The number of nitrogens with one attached hydrogen (secondary N) is 2. The van der Waals surface area contributed by atoms with Crippen molar-refractivity contribution >= 4 is 63.9 Å². The molecule has 5 nitrogen and oxygen atoms in total. The summed E-state index contributed by atoms with van der Waals surface area (Å²) in [7, 11) is 0. The van der Waals surface area contributed by atoms with Crippen LogP contribution in [0.25, 0.3) is 0 Å². The summed E-state index contributed by atoms with van der Waals surface area (Å²) in [5.41, 5.74) is 4.70. The molecular weight excluding hydrogens is 540 g/mol. The van der Waals surface area contributed by atoms with Gasteiger partial charge in [0, 0.05) is 34.6 Å². The fourth-order valence-corrected chi connectivity index (χ4v) is 6.29. The second-order valence-electron chi connectivity index (χ2n) is 9.40. The molecule has 2 aliphatic rings. The van der Waals surface area contributed by atoms with Gasteiger partial charge in [-0.05, 0) is 79.3 Å². The van der Waals surface area contributed by atoms with E-state index in [2.05, 4.69) is 15.6 Å². The third-order valence-electron chi connectivity index (χ3n) is 6.75. The molecule has 3 aromatic rings. The van der Waals surface area contributed by atoms with Crippen molar-refractivity contribution in [3.8, 4) is 0 Å². The van der Waals surface area contributed by atoms with Crippen LogP contribution < -0.4 is 10.6 Å². The largest absolute Gasteiger partial charge is 0.349 e. The summed E-state index contributed by atoms with van der Waals surface area (Å²) in [6.07, 6.45) is 4.10. The van der Waals surface area contributed by atoms with E-state index < -0.39 is 16.2 Å². The van der Waals surface area contributed by atoms with E-state index in [1.807, 2.05) is 31.2 Å². The van der Waals surface area contributed by atoms with E-state index in [4.69, 9.17) is 46.4 Å². The summed E-state index contributed by atoms with van der Waals surface area (Å²) in [5.74, 6) is -1.69. The zero-order valence-electron chi connectivity index (χ0n) is 19.3. The van der Waals surface area contributed by atoms with Crippen molar-refractivity contribution in [3.63, 3.8) is 0 Å². The van der Waals surface area contributed by atoms with E-state index in [1.165, 1.54) is 0 Å². The molecule has 0 radical (unpaired) electrons. The zero-order chi connectivity index (χ0) is 25.6. The van der Waals surface area contributed by atoms with Gasteiger partial charge in [-0.1, -0.05) is 35.3 Å². The third-order valence-corrected chi connectivity index (χ3v) is 8.24. The molecular formula is C27H23Cl4N3O2. The highest BCUT2D eigenvalue weighted by molar-refractivity contribution is 6.53. The number of carbonyl (C=O) groups excluding carboxylic acids is 2. The lowest BCUT2D eigenvalue weighted by Crippen LogP contribution is -2.39.